The van der Waals surface area contributed by atoms with Crippen LogP contribution in [0.5, 0.6) is 0 Å². The lowest BCUT2D eigenvalue weighted by Crippen LogP contribution is -2.26. The van der Waals surface area contributed by atoms with Crippen molar-refractivity contribution in [1.29, 1.82) is 0 Å². The Hall–Kier alpha value is -1.36. The number of carbonyl (C=O) groups is 1. The van der Waals surface area contributed by atoms with Crippen LogP contribution < -0.4 is 0 Å². The van der Waals surface area contributed by atoms with Crippen molar-refractivity contribution in [2.75, 3.05) is 0 Å². The van der Waals surface area contributed by atoms with Gasteiger partial charge in [-0.05, 0) is 39.0 Å². The molecule has 96 valence electrons. The van der Waals surface area contributed by atoms with Crippen LogP contribution in [-0.4, -0.2) is 21.4 Å². The van der Waals surface area contributed by atoms with Gasteiger partial charge in [0.2, 0.25) is 0 Å². The van der Waals surface area contributed by atoms with Crippen molar-refractivity contribution in [2.45, 2.75) is 32.9 Å². The number of esters is 1. The number of rotatable bonds is 2. The third kappa shape index (κ3) is 3.32. The minimum atomic E-state index is -0.466. The number of nitrogens with zero attached hydrogens (tertiary/aromatic N) is 2. The zero-order chi connectivity index (χ0) is 13.3. The minimum Gasteiger partial charge on any atom is -0.459 e. The molecule has 0 spiro atoms. The van der Waals surface area contributed by atoms with E-state index >= 15 is 0 Å². The lowest BCUT2D eigenvalue weighted by atomic mass is 10.2. The Morgan fingerprint density at radius 2 is 2.17 bits per heavy atom. The molecule has 0 amide bonds. The molecule has 0 atom stereocenters. The summed E-state index contributed by atoms with van der Waals surface area (Å²) in [4.78, 5) is 11.7. The first kappa shape index (κ1) is 13.1. The van der Waals surface area contributed by atoms with E-state index in [4.69, 9.17) is 4.74 Å². The largest absolute Gasteiger partial charge is 0.459 e. The molecule has 0 aliphatic rings. The van der Waals surface area contributed by atoms with Gasteiger partial charge in [-0.3, -0.25) is 9.48 Å². The second-order valence-corrected chi connectivity index (χ2v) is 6.03. The van der Waals surface area contributed by atoms with Gasteiger partial charge in [0, 0.05) is 16.1 Å². The molecule has 2 aromatic rings. The Balaban J connectivity index is 2.15. The molecule has 0 aliphatic carbocycles. The molecule has 1 aromatic carbocycles. The first-order chi connectivity index (χ1) is 8.33. The third-order valence-corrected chi connectivity index (χ3v) is 2.72. The average Bonchev–Trinajstić information content (AvgIpc) is 2.55. The number of hydrogen-bond acceptors (Lipinski definition) is 3. The zero-order valence-corrected chi connectivity index (χ0v) is 12.2. The maximum atomic E-state index is 11.7. The summed E-state index contributed by atoms with van der Waals surface area (Å²) in [6.07, 6.45) is 1.84. The summed E-state index contributed by atoms with van der Waals surface area (Å²) >= 11 is 3.40. The molecular formula is C13H15BrN2O2. The Kier molecular flexibility index (Phi) is 3.43. The molecule has 1 heterocycles. The molecule has 0 aliphatic heterocycles. The van der Waals surface area contributed by atoms with E-state index in [1.54, 1.807) is 4.68 Å². The number of halogens is 1. The van der Waals surface area contributed by atoms with Crippen molar-refractivity contribution in [3.63, 3.8) is 0 Å². The lowest BCUT2D eigenvalue weighted by Gasteiger charge is -2.19. The van der Waals surface area contributed by atoms with E-state index in [0.29, 0.717) is 0 Å². The van der Waals surface area contributed by atoms with Gasteiger partial charge in [0.25, 0.3) is 0 Å². The van der Waals surface area contributed by atoms with Crippen molar-refractivity contribution in [3.8, 4) is 0 Å². The molecule has 1 aromatic heterocycles. The number of aromatic nitrogens is 2. The maximum absolute atomic E-state index is 11.7. The predicted molar refractivity (Wildman–Crippen MR) is 73.3 cm³/mol. The van der Waals surface area contributed by atoms with Crippen LogP contribution in [0.2, 0.25) is 0 Å². The molecule has 18 heavy (non-hydrogen) atoms. The van der Waals surface area contributed by atoms with Gasteiger partial charge in [0.1, 0.15) is 12.1 Å². The second-order valence-electron chi connectivity index (χ2n) is 5.12. The lowest BCUT2D eigenvalue weighted by molar-refractivity contribution is -0.155. The monoisotopic (exact) mass is 310 g/mol. The van der Waals surface area contributed by atoms with Crippen molar-refractivity contribution in [2.24, 2.45) is 0 Å². The zero-order valence-electron chi connectivity index (χ0n) is 10.6. The Labute approximate surface area is 114 Å². The first-order valence-electron chi connectivity index (χ1n) is 5.68. The van der Waals surface area contributed by atoms with Crippen LogP contribution in [-0.2, 0) is 16.1 Å². The van der Waals surface area contributed by atoms with Gasteiger partial charge in [0.15, 0.2) is 0 Å². The number of fused-ring (bicyclic) bond motifs is 1. The van der Waals surface area contributed by atoms with Crippen LogP contribution in [0.1, 0.15) is 20.8 Å². The van der Waals surface area contributed by atoms with Crippen LogP contribution in [0.4, 0.5) is 0 Å². The molecule has 0 fully saturated rings. The summed E-state index contributed by atoms with van der Waals surface area (Å²) in [6.45, 7) is 5.67. The van der Waals surface area contributed by atoms with E-state index in [1.807, 2.05) is 45.2 Å². The van der Waals surface area contributed by atoms with Gasteiger partial charge in [-0.25, -0.2) is 0 Å². The van der Waals surface area contributed by atoms with Crippen LogP contribution in [0, 0.1) is 0 Å². The van der Waals surface area contributed by atoms with Gasteiger partial charge in [-0.2, -0.15) is 5.10 Å². The van der Waals surface area contributed by atoms with Crippen LogP contribution in [0.15, 0.2) is 28.9 Å². The third-order valence-electron chi connectivity index (χ3n) is 2.22. The molecule has 2 rings (SSSR count). The Morgan fingerprint density at radius 1 is 1.44 bits per heavy atom. The fraction of sp³-hybridized carbons (Fsp3) is 0.385. The van der Waals surface area contributed by atoms with Crippen LogP contribution >= 0.6 is 15.9 Å². The van der Waals surface area contributed by atoms with Gasteiger partial charge in [-0.1, -0.05) is 15.9 Å². The fourth-order valence-corrected chi connectivity index (χ4v) is 2.01. The van der Waals surface area contributed by atoms with Gasteiger partial charge in [0.05, 0.1) is 5.52 Å². The first-order valence-corrected chi connectivity index (χ1v) is 6.47. The highest BCUT2D eigenvalue weighted by Crippen LogP contribution is 2.18. The van der Waals surface area contributed by atoms with Gasteiger partial charge in [-0.15, -0.1) is 0 Å². The predicted octanol–water partition coefficient (Wildman–Crippen LogP) is 3.14. The van der Waals surface area contributed by atoms with E-state index in [2.05, 4.69) is 21.0 Å². The fourth-order valence-electron chi connectivity index (χ4n) is 1.63. The van der Waals surface area contributed by atoms with Gasteiger partial charge >= 0.3 is 5.97 Å². The van der Waals surface area contributed by atoms with E-state index in [9.17, 15) is 4.79 Å². The minimum absolute atomic E-state index is 0.129. The number of benzene rings is 1. The van der Waals surface area contributed by atoms with E-state index < -0.39 is 5.60 Å². The summed E-state index contributed by atoms with van der Waals surface area (Å²) < 4.78 is 7.85. The molecule has 0 radical (unpaired) electrons. The highest BCUT2D eigenvalue weighted by Gasteiger charge is 2.16. The molecule has 4 nitrogen and oxygen atoms in total. The topological polar surface area (TPSA) is 44.1 Å². The molecule has 0 saturated heterocycles. The molecular weight excluding hydrogens is 296 g/mol. The van der Waals surface area contributed by atoms with Crippen LogP contribution in [0.3, 0.4) is 0 Å². The highest BCUT2D eigenvalue weighted by atomic mass is 79.9. The smallest absolute Gasteiger partial charge is 0.328 e. The summed E-state index contributed by atoms with van der Waals surface area (Å²) in [6, 6.07) is 5.80. The second kappa shape index (κ2) is 4.72. The van der Waals surface area contributed by atoms with Crippen LogP contribution in [0.25, 0.3) is 10.9 Å². The van der Waals surface area contributed by atoms with Crippen molar-refractivity contribution >= 4 is 32.8 Å². The SMILES string of the molecule is CC(C)(C)OC(=O)Cn1cc2cc(Br)ccc2n1. The number of hydrogen-bond donors (Lipinski definition) is 0. The summed E-state index contributed by atoms with van der Waals surface area (Å²) in [5.41, 5.74) is 0.397. The maximum Gasteiger partial charge on any atom is 0.328 e. The number of carbonyl (C=O) groups excluding carboxylic acids is 1. The standard InChI is InChI=1S/C13H15BrN2O2/c1-13(2,3)18-12(17)8-16-7-9-6-10(14)4-5-11(9)15-16/h4-7H,8H2,1-3H3. The normalized spacial score (nSPS) is 11.8. The molecule has 5 heteroatoms. The molecule has 0 N–H and O–H groups in total. The van der Waals surface area contributed by atoms with Crippen molar-refractivity contribution in [3.05, 3.63) is 28.9 Å². The quantitative estimate of drug-likeness (QED) is 0.800. The Morgan fingerprint density at radius 3 is 2.83 bits per heavy atom. The number of ether oxygens (including phenoxy) is 1. The summed E-state index contributed by atoms with van der Waals surface area (Å²) in [5.74, 6) is -0.283. The van der Waals surface area contributed by atoms with Crippen molar-refractivity contribution < 1.29 is 9.53 Å². The van der Waals surface area contributed by atoms with E-state index in [-0.39, 0.29) is 12.5 Å². The van der Waals surface area contributed by atoms with E-state index in [0.717, 1.165) is 15.4 Å². The molecule has 0 unspecified atom stereocenters. The Bertz CT molecular complexity index is 584. The molecule has 0 saturated carbocycles. The van der Waals surface area contributed by atoms with Crippen molar-refractivity contribution in [1.82, 2.24) is 9.78 Å². The highest BCUT2D eigenvalue weighted by molar-refractivity contribution is 9.10. The average molecular weight is 311 g/mol. The van der Waals surface area contributed by atoms with Gasteiger partial charge < -0.3 is 4.74 Å². The summed E-state index contributed by atoms with van der Waals surface area (Å²) in [5, 5.41) is 5.31. The van der Waals surface area contributed by atoms with E-state index in [1.165, 1.54) is 0 Å². The summed E-state index contributed by atoms with van der Waals surface area (Å²) in [7, 11) is 0. The molecule has 0 bridgehead atoms.